The third kappa shape index (κ3) is 4.04. The molecule has 0 fully saturated rings. The van der Waals surface area contributed by atoms with Crippen LogP contribution in [0.4, 0.5) is 5.82 Å². The van der Waals surface area contributed by atoms with Crippen LogP contribution in [0.25, 0.3) is 0 Å². The van der Waals surface area contributed by atoms with Gasteiger partial charge in [-0.15, -0.1) is 0 Å². The molecule has 0 aliphatic carbocycles. The first kappa shape index (κ1) is 14.6. The summed E-state index contributed by atoms with van der Waals surface area (Å²) >= 11 is 5.64. The van der Waals surface area contributed by atoms with E-state index in [2.05, 4.69) is 4.98 Å². The smallest absolute Gasteiger partial charge is 0.345 e. The second-order valence-electron chi connectivity index (χ2n) is 3.03. The van der Waals surface area contributed by atoms with Gasteiger partial charge >= 0.3 is 15.2 Å². The molecule has 0 aliphatic heterocycles. The van der Waals surface area contributed by atoms with Gasteiger partial charge in [0.25, 0.3) is 0 Å². The number of hydrogen-bond acceptors (Lipinski definition) is 4. The Labute approximate surface area is 101 Å². The standard InChI is InChI=1S/C6H9ClN2O6P2/c7-4-2-1-3-8-5(4)9-6(16(10,11)12)17(13,14)15/h1-3,6H,(H,8,9)(H2,10,11,12)(H2,13,14,15). The Bertz CT molecular complexity index is 477. The van der Waals surface area contributed by atoms with Crippen molar-refractivity contribution >= 4 is 32.6 Å². The van der Waals surface area contributed by atoms with Crippen LogP contribution < -0.4 is 5.32 Å². The van der Waals surface area contributed by atoms with E-state index in [-0.39, 0.29) is 10.8 Å². The minimum absolute atomic E-state index is 0.0144. The Kier molecular flexibility index (Phi) is 4.33. The van der Waals surface area contributed by atoms with Crippen LogP contribution in [-0.4, -0.2) is 30.1 Å². The first-order valence-corrected chi connectivity index (χ1v) is 7.84. The zero-order valence-corrected chi connectivity index (χ0v) is 10.7. The summed E-state index contributed by atoms with van der Waals surface area (Å²) in [6.45, 7) is 0. The van der Waals surface area contributed by atoms with Crippen molar-refractivity contribution in [3.05, 3.63) is 23.4 Å². The van der Waals surface area contributed by atoms with Crippen molar-refractivity contribution in [2.75, 3.05) is 5.32 Å². The lowest BCUT2D eigenvalue weighted by Gasteiger charge is -2.21. The summed E-state index contributed by atoms with van der Waals surface area (Å²) in [6.07, 6.45) is 1.25. The zero-order chi connectivity index (χ0) is 13.3. The number of anilines is 1. The van der Waals surface area contributed by atoms with Gasteiger partial charge in [0, 0.05) is 6.20 Å². The molecule has 1 heterocycles. The third-order valence-corrected chi connectivity index (χ3v) is 5.30. The zero-order valence-electron chi connectivity index (χ0n) is 8.13. The largest absolute Gasteiger partial charge is 0.360 e. The number of aromatic nitrogens is 1. The molecule has 1 aromatic heterocycles. The Hall–Kier alpha value is -0.460. The van der Waals surface area contributed by atoms with E-state index in [1.54, 1.807) is 0 Å². The normalized spacial score (nSPS) is 12.8. The minimum atomic E-state index is -5.06. The highest BCUT2D eigenvalue weighted by atomic mass is 35.5. The summed E-state index contributed by atoms with van der Waals surface area (Å²) in [5, 5.41) is 1.94. The van der Waals surface area contributed by atoms with Gasteiger partial charge in [0.15, 0.2) is 0 Å². The summed E-state index contributed by atoms with van der Waals surface area (Å²) in [4.78, 5) is 39.0. The van der Waals surface area contributed by atoms with E-state index in [1.165, 1.54) is 18.3 Å². The molecule has 0 saturated heterocycles. The van der Waals surface area contributed by atoms with E-state index in [1.807, 2.05) is 5.32 Å². The number of nitrogens with one attached hydrogen (secondary N) is 1. The maximum Gasteiger partial charge on any atom is 0.360 e. The Morgan fingerprint density at radius 1 is 1.24 bits per heavy atom. The number of pyridine rings is 1. The molecule has 5 N–H and O–H groups in total. The maximum absolute atomic E-state index is 11.0. The molecule has 1 aromatic rings. The van der Waals surface area contributed by atoms with Crippen molar-refractivity contribution in [1.29, 1.82) is 0 Å². The highest BCUT2D eigenvalue weighted by Crippen LogP contribution is 2.59. The number of hydrogen-bond donors (Lipinski definition) is 5. The predicted molar refractivity (Wildman–Crippen MR) is 60.7 cm³/mol. The van der Waals surface area contributed by atoms with Crippen LogP contribution in [0.5, 0.6) is 0 Å². The van der Waals surface area contributed by atoms with E-state index >= 15 is 0 Å². The molecule has 0 atom stereocenters. The van der Waals surface area contributed by atoms with Crippen molar-refractivity contribution < 1.29 is 28.7 Å². The lowest BCUT2D eigenvalue weighted by atomic mass is 10.5. The van der Waals surface area contributed by atoms with E-state index in [0.717, 1.165) is 0 Å². The minimum Gasteiger partial charge on any atom is -0.345 e. The molecule has 0 radical (unpaired) electrons. The van der Waals surface area contributed by atoms with Crippen molar-refractivity contribution in [2.45, 2.75) is 5.52 Å². The molecular formula is C6H9ClN2O6P2. The van der Waals surface area contributed by atoms with Gasteiger partial charge in [-0.1, -0.05) is 11.6 Å². The van der Waals surface area contributed by atoms with Gasteiger partial charge in [-0.3, -0.25) is 9.13 Å². The fourth-order valence-corrected chi connectivity index (χ4v) is 3.30. The molecule has 96 valence electrons. The molecule has 0 amide bonds. The molecule has 17 heavy (non-hydrogen) atoms. The summed E-state index contributed by atoms with van der Waals surface area (Å²) in [5.41, 5.74) is -2.37. The van der Waals surface area contributed by atoms with E-state index in [4.69, 9.17) is 31.2 Å². The third-order valence-electron chi connectivity index (χ3n) is 1.66. The van der Waals surface area contributed by atoms with Gasteiger partial charge in [0.05, 0.1) is 5.02 Å². The van der Waals surface area contributed by atoms with Crippen molar-refractivity contribution in [2.24, 2.45) is 0 Å². The first-order valence-electron chi connectivity index (χ1n) is 4.10. The van der Waals surface area contributed by atoms with Crippen LogP contribution >= 0.6 is 26.8 Å². The Balaban J connectivity index is 3.09. The van der Waals surface area contributed by atoms with Crippen LogP contribution in [0.1, 0.15) is 0 Å². The second kappa shape index (κ2) is 5.04. The van der Waals surface area contributed by atoms with Crippen molar-refractivity contribution in [1.82, 2.24) is 4.98 Å². The molecule has 0 bridgehead atoms. The molecule has 8 nitrogen and oxygen atoms in total. The van der Waals surface area contributed by atoms with Gasteiger partial charge in [-0.25, -0.2) is 4.98 Å². The quantitative estimate of drug-likeness (QED) is 0.514. The average molecular weight is 303 g/mol. The summed E-state index contributed by atoms with van der Waals surface area (Å²) < 4.78 is 21.9. The highest BCUT2D eigenvalue weighted by molar-refractivity contribution is 7.71. The molecule has 0 saturated carbocycles. The van der Waals surface area contributed by atoms with Crippen LogP contribution in [0.3, 0.4) is 0 Å². The van der Waals surface area contributed by atoms with Crippen molar-refractivity contribution in [3.63, 3.8) is 0 Å². The molecule has 1 rings (SSSR count). The predicted octanol–water partition coefficient (Wildman–Crippen LogP) is 0.786. The molecule has 11 heteroatoms. The maximum atomic E-state index is 11.0. The van der Waals surface area contributed by atoms with Crippen molar-refractivity contribution in [3.8, 4) is 0 Å². The lowest BCUT2D eigenvalue weighted by molar-refractivity contribution is 0.343. The monoisotopic (exact) mass is 302 g/mol. The van der Waals surface area contributed by atoms with Gasteiger partial charge in [0.2, 0.25) is 5.52 Å². The van der Waals surface area contributed by atoms with Gasteiger partial charge in [-0.05, 0) is 12.1 Å². The first-order chi connectivity index (χ1) is 7.62. The summed E-state index contributed by atoms with van der Waals surface area (Å²) in [7, 11) is -10.1. The molecule has 0 aliphatic rings. The topological polar surface area (TPSA) is 140 Å². The van der Waals surface area contributed by atoms with Gasteiger partial charge in [-0.2, -0.15) is 0 Å². The fraction of sp³-hybridized carbons (Fsp3) is 0.167. The van der Waals surface area contributed by atoms with Crippen LogP contribution in [-0.2, 0) is 9.13 Å². The van der Waals surface area contributed by atoms with Crippen LogP contribution in [0, 0.1) is 0 Å². The van der Waals surface area contributed by atoms with E-state index < -0.39 is 20.7 Å². The Morgan fingerprint density at radius 3 is 2.18 bits per heavy atom. The molecular weight excluding hydrogens is 293 g/mol. The summed E-state index contributed by atoms with van der Waals surface area (Å²) in [5.74, 6) is -0.217. The fourth-order valence-electron chi connectivity index (χ4n) is 0.978. The molecule has 0 spiro atoms. The van der Waals surface area contributed by atoms with Gasteiger partial charge in [0.1, 0.15) is 5.82 Å². The van der Waals surface area contributed by atoms with E-state index in [9.17, 15) is 9.13 Å². The SMILES string of the molecule is O=P(O)(O)C(Nc1ncccc1Cl)P(=O)(O)O. The van der Waals surface area contributed by atoms with E-state index in [0.29, 0.717) is 0 Å². The average Bonchev–Trinajstić information content (AvgIpc) is 2.12. The Morgan fingerprint density at radius 2 is 1.76 bits per heavy atom. The number of rotatable bonds is 4. The number of nitrogens with zero attached hydrogens (tertiary/aromatic N) is 1. The highest BCUT2D eigenvalue weighted by Gasteiger charge is 2.44. The van der Waals surface area contributed by atoms with Crippen LogP contribution in [0.15, 0.2) is 18.3 Å². The number of halogens is 1. The lowest BCUT2D eigenvalue weighted by Crippen LogP contribution is -2.20. The van der Waals surface area contributed by atoms with Crippen LogP contribution in [0.2, 0.25) is 5.02 Å². The summed E-state index contributed by atoms with van der Waals surface area (Å²) in [6, 6.07) is 2.81. The molecule has 0 unspecified atom stereocenters. The van der Waals surface area contributed by atoms with Gasteiger partial charge < -0.3 is 24.9 Å². The molecule has 0 aromatic carbocycles. The second-order valence-corrected chi connectivity index (χ2v) is 7.23.